The number of carbonyl (C=O) groups is 2. The van der Waals surface area contributed by atoms with Crippen LogP contribution in [-0.4, -0.2) is 33.5 Å². The molecule has 0 aliphatic heterocycles. The van der Waals surface area contributed by atoms with Crippen LogP contribution in [0.4, 0.5) is 0 Å². The highest BCUT2D eigenvalue weighted by molar-refractivity contribution is 5.90. The first kappa shape index (κ1) is 21.9. The number of ketones is 1. The van der Waals surface area contributed by atoms with Crippen LogP contribution in [0.2, 0.25) is 0 Å². The molecule has 1 N–H and O–H groups in total. The van der Waals surface area contributed by atoms with E-state index in [0.717, 1.165) is 11.1 Å². The van der Waals surface area contributed by atoms with Gasteiger partial charge in [0.1, 0.15) is 11.5 Å². The number of aromatic amines is 1. The molecule has 2 heterocycles. The Morgan fingerprint density at radius 2 is 1.67 bits per heavy atom. The molecule has 0 saturated heterocycles. The Hall–Kier alpha value is -4.33. The second-order valence-electron chi connectivity index (χ2n) is 7.28. The van der Waals surface area contributed by atoms with Gasteiger partial charge in [-0.1, -0.05) is 65.8 Å². The molecule has 0 amide bonds. The second-order valence-corrected chi connectivity index (χ2v) is 7.28. The lowest BCUT2D eigenvalue weighted by Gasteiger charge is -2.17. The quantitative estimate of drug-likeness (QED) is 0.414. The molecule has 0 radical (unpaired) electrons. The zero-order valence-corrected chi connectivity index (χ0v) is 17.9. The lowest BCUT2D eigenvalue weighted by molar-refractivity contribution is -0.119. The van der Waals surface area contributed by atoms with E-state index in [9.17, 15) is 14.4 Å². The maximum Gasteiger partial charge on any atom is 0.377 e. The maximum atomic E-state index is 13.3. The number of H-pyrrole nitrogens is 1. The molecule has 33 heavy (non-hydrogen) atoms. The molecule has 8 nitrogen and oxygen atoms in total. The van der Waals surface area contributed by atoms with E-state index in [4.69, 9.17) is 9.26 Å². The summed E-state index contributed by atoms with van der Waals surface area (Å²) in [6.07, 6.45) is 1.25. The number of benzene rings is 2. The van der Waals surface area contributed by atoms with E-state index in [0.29, 0.717) is 0 Å². The second kappa shape index (κ2) is 9.86. The molecule has 0 atom stereocenters. The van der Waals surface area contributed by atoms with E-state index in [2.05, 4.69) is 15.1 Å². The summed E-state index contributed by atoms with van der Waals surface area (Å²) < 4.78 is 9.81. The number of hydrogen-bond donors (Lipinski definition) is 1. The number of nitrogens with zero attached hydrogens (tertiary/aromatic N) is 2. The number of rotatable bonds is 8. The molecule has 4 rings (SSSR count). The summed E-state index contributed by atoms with van der Waals surface area (Å²) in [4.78, 5) is 44.5. The Morgan fingerprint density at radius 3 is 2.24 bits per heavy atom. The van der Waals surface area contributed by atoms with Crippen LogP contribution in [-0.2, 0) is 16.0 Å². The Morgan fingerprint density at radius 1 is 1.03 bits per heavy atom. The molecule has 0 aliphatic carbocycles. The lowest BCUT2D eigenvalue weighted by atomic mass is 9.85. The van der Waals surface area contributed by atoms with Crippen molar-refractivity contribution >= 4 is 11.8 Å². The van der Waals surface area contributed by atoms with Gasteiger partial charge in [0, 0.05) is 24.2 Å². The predicted molar refractivity (Wildman–Crippen MR) is 120 cm³/mol. The van der Waals surface area contributed by atoms with E-state index in [1.165, 1.54) is 12.3 Å². The first-order chi connectivity index (χ1) is 16.1. The van der Waals surface area contributed by atoms with Gasteiger partial charge < -0.3 is 14.2 Å². The molecule has 166 valence electrons. The summed E-state index contributed by atoms with van der Waals surface area (Å²) in [5.74, 6) is -1.26. The molecule has 8 heteroatoms. The summed E-state index contributed by atoms with van der Waals surface area (Å²) in [6, 6.07) is 20.2. The third-order valence-electron chi connectivity index (χ3n) is 5.05. The van der Waals surface area contributed by atoms with Crippen molar-refractivity contribution < 1.29 is 18.8 Å². The van der Waals surface area contributed by atoms with E-state index in [1.54, 1.807) is 6.92 Å². The molecule has 0 unspecified atom stereocenters. The van der Waals surface area contributed by atoms with Gasteiger partial charge in [-0.3, -0.25) is 9.59 Å². The minimum atomic E-state index is -0.659. The molecule has 0 saturated carbocycles. The highest BCUT2D eigenvalue weighted by atomic mass is 16.6. The average molecular weight is 443 g/mol. The van der Waals surface area contributed by atoms with Crippen LogP contribution in [0.3, 0.4) is 0 Å². The summed E-state index contributed by atoms with van der Waals surface area (Å²) >= 11 is 0. The zero-order valence-electron chi connectivity index (χ0n) is 17.9. The van der Waals surface area contributed by atoms with Gasteiger partial charge in [0.2, 0.25) is 5.76 Å². The Kier molecular flexibility index (Phi) is 6.54. The fraction of sp³-hybridized carbons (Fsp3) is 0.160. The van der Waals surface area contributed by atoms with Gasteiger partial charge in [-0.05, 0) is 18.1 Å². The van der Waals surface area contributed by atoms with Gasteiger partial charge in [-0.25, -0.2) is 9.78 Å². The van der Waals surface area contributed by atoms with E-state index in [1.807, 2.05) is 60.7 Å². The van der Waals surface area contributed by atoms with E-state index in [-0.39, 0.29) is 41.7 Å². The normalized spacial score (nSPS) is 10.8. The van der Waals surface area contributed by atoms with Gasteiger partial charge in [0.05, 0.1) is 12.5 Å². The van der Waals surface area contributed by atoms with Gasteiger partial charge in [0.25, 0.3) is 5.56 Å². The van der Waals surface area contributed by atoms with Crippen molar-refractivity contribution in [2.75, 3.05) is 6.61 Å². The Labute approximate surface area is 189 Å². The molecule has 2 aromatic heterocycles. The van der Waals surface area contributed by atoms with Crippen molar-refractivity contribution in [3.63, 3.8) is 0 Å². The van der Waals surface area contributed by atoms with Crippen LogP contribution < -0.4 is 5.56 Å². The third-order valence-corrected chi connectivity index (χ3v) is 5.05. The monoisotopic (exact) mass is 443 g/mol. The highest BCUT2D eigenvalue weighted by Gasteiger charge is 2.24. The topological polar surface area (TPSA) is 115 Å². The fourth-order valence-corrected chi connectivity index (χ4v) is 3.51. The average Bonchev–Trinajstić information content (AvgIpc) is 3.33. The van der Waals surface area contributed by atoms with Crippen molar-refractivity contribution in [1.82, 2.24) is 15.1 Å². The number of nitrogens with one attached hydrogen (secondary N) is 1. The smallest absolute Gasteiger partial charge is 0.377 e. The Balaban J connectivity index is 1.58. The van der Waals surface area contributed by atoms with E-state index >= 15 is 0 Å². The van der Waals surface area contributed by atoms with Crippen molar-refractivity contribution in [2.24, 2.45) is 0 Å². The molecule has 0 aliphatic rings. The van der Waals surface area contributed by atoms with Crippen LogP contribution >= 0.6 is 0 Å². The Bertz CT molecular complexity index is 1270. The standard InChI is InChI=1S/C25H21N3O5/c1-2-32-25(31)21-14-19(28-33-21)23-26-15-18(24(30)27-23)13-20(29)22(16-9-5-3-6-10-16)17-11-7-4-8-12-17/h3-12,14-15,22H,2,13H2,1H3,(H,26,27,30). The molecule has 4 aromatic rings. The first-order valence-corrected chi connectivity index (χ1v) is 10.4. The number of carbonyl (C=O) groups excluding carboxylic acids is 2. The van der Waals surface area contributed by atoms with Gasteiger partial charge >= 0.3 is 5.97 Å². The van der Waals surface area contributed by atoms with Gasteiger partial charge in [0.15, 0.2) is 5.82 Å². The summed E-state index contributed by atoms with van der Waals surface area (Å²) in [7, 11) is 0. The highest BCUT2D eigenvalue weighted by Crippen LogP contribution is 2.26. The lowest BCUT2D eigenvalue weighted by Crippen LogP contribution is -2.22. The summed E-state index contributed by atoms with van der Waals surface area (Å²) in [6.45, 7) is 1.87. The molecule has 0 fully saturated rings. The third kappa shape index (κ3) is 4.95. The van der Waals surface area contributed by atoms with Gasteiger partial charge in [-0.15, -0.1) is 0 Å². The minimum Gasteiger partial charge on any atom is -0.460 e. The van der Waals surface area contributed by atoms with E-state index < -0.39 is 17.4 Å². The fourth-order valence-electron chi connectivity index (χ4n) is 3.51. The van der Waals surface area contributed by atoms with Crippen LogP contribution in [0.25, 0.3) is 11.5 Å². The van der Waals surface area contributed by atoms with Crippen molar-refractivity contribution in [1.29, 1.82) is 0 Å². The summed E-state index contributed by atoms with van der Waals surface area (Å²) in [5.41, 5.74) is 1.65. The maximum absolute atomic E-state index is 13.3. The molecule has 0 bridgehead atoms. The number of Topliss-reactive ketones (excluding diaryl/α,β-unsaturated/α-hetero) is 1. The predicted octanol–water partition coefficient (Wildman–Crippen LogP) is 3.55. The van der Waals surface area contributed by atoms with Crippen molar-refractivity contribution in [2.45, 2.75) is 19.3 Å². The van der Waals surface area contributed by atoms with Crippen LogP contribution in [0, 0.1) is 0 Å². The van der Waals surface area contributed by atoms with Crippen LogP contribution in [0.15, 0.2) is 82.2 Å². The van der Waals surface area contributed by atoms with Crippen LogP contribution in [0.5, 0.6) is 0 Å². The largest absolute Gasteiger partial charge is 0.460 e. The number of hydrogen-bond acceptors (Lipinski definition) is 7. The SMILES string of the molecule is CCOC(=O)c1cc(-c2ncc(CC(=O)C(c3ccccc3)c3ccccc3)c(=O)[nH]2)no1. The molecular formula is C25H21N3O5. The van der Waals surface area contributed by atoms with Crippen LogP contribution in [0.1, 0.15) is 40.1 Å². The number of ether oxygens (including phenoxy) is 1. The number of esters is 1. The molecule has 0 spiro atoms. The van der Waals surface area contributed by atoms with Crippen molar-refractivity contribution in [3.05, 3.63) is 106 Å². The first-order valence-electron chi connectivity index (χ1n) is 10.4. The minimum absolute atomic E-state index is 0.0933. The van der Waals surface area contributed by atoms with Crippen molar-refractivity contribution in [3.8, 4) is 11.5 Å². The van der Waals surface area contributed by atoms with Gasteiger partial charge in [-0.2, -0.15) is 0 Å². The zero-order chi connectivity index (χ0) is 23.2. The molecule has 2 aromatic carbocycles. The summed E-state index contributed by atoms with van der Waals surface area (Å²) in [5, 5.41) is 3.75. The number of aromatic nitrogens is 3. The molecular weight excluding hydrogens is 422 g/mol.